The van der Waals surface area contributed by atoms with E-state index in [0.29, 0.717) is 0 Å². The van der Waals surface area contributed by atoms with Gasteiger partial charge in [0.25, 0.3) is 0 Å². The van der Waals surface area contributed by atoms with Crippen molar-refractivity contribution in [2.45, 2.75) is 51.9 Å². The standard InChI is InChI=1S/C8H18ClP.4ClH.Pd/c1-7(2,3)10(9)8(4,5)6;;;;;/h1-6H3;4*1H;/q;;;;;+2/p-4. The van der Waals surface area contributed by atoms with Crippen molar-refractivity contribution in [1.82, 2.24) is 0 Å². The summed E-state index contributed by atoms with van der Waals surface area (Å²) in [5, 5.41) is 0.546. The Labute approximate surface area is 139 Å². The Morgan fingerprint density at radius 1 is 0.667 bits per heavy atom. The Morgan fingerprint density at radius 2 is 0.800 bits per heavy atom. The third-order valence-electron chi connectivity index (χ3n) is 1.18. The summed E-state index contributed by atoms with van der Waals surface area (Å²) in [6.45, 7) is 13.2. The molecule has 0 aromatic rings. The predicted octanol–water partition coefficient (Wildman–Crippen LogP) is -7.77. The second kappa shape index (κ2) is 13.0. The van der Waals surface area contributed by atoms with E-state index in [1.807, 2.05) is 0 Å². The summed E-state index contributed by atoms with van der Waals surface area (Å²) in [5.74, 6) is 0. The number of hydrogen-bond acceptors (Lipinski definition) is 0. The quantitative estimate of drug-likeness (QED) is 0.266. The van der Waals surface area contributed by atoms with E-state index in [2.05, 4.69) is 41.5 Å². The van der Waals surface area contributed by atoms with E-state index in [-0.39, 0.29) is 80.4 Å². The topological polar surface area (TPSA) is 0 Å². The van der Waals surface area contributed by atoms with Crippen molar-refractivity contribution >= 4 is 18.5 Å². The second-order valence-corrected chi connectivity index (χ2v) is 8.88. The third kappa shape index (κ3) is 16.5. The van der Waals surface area contributed by atoms with Crippen LogP contribution < -0.4 is 49.6 Å². The van der Waals surface area contributed by atoms with Gasteiger partial charge < -0.3 is 49.6 Å². The summed E-state index contributed by atoms with van der Waals surface area (Å²) in [4.78, 5) is 0. The summed E-state index contributed by atoms with van der Waals surface area (Å²) in [6.07, 6.45) is 0. The van der Waals surface area contributed by atoms with Crippen LogP contribution in [0.4, 0.5) is 0 Å². The van der Waals surface area contributed by atoms with Gasteiger partial charge in [-0.15, -0.1) is 0 Å². The molecule has 0 aliphatic rings. The van der Waals surface area contributed by atoms with Gasteiger partial charge in [-0.25, -0.2) is 0 Å². The molecule has 0 radical (unpaired) electrons. The first kappa shape index (κ1) is 36.0. The van der Waals surface area contributed by atoms with Gasteiger partial charge in [0.1, 0.15) is 0 Å². The molecule has 0 aliphatic carbocycles. The average Bonchev–Trinajstić information content (AvgIpc) is 1.59. The summed E-state index contributed by atoms with van der Waals surface area (Å²) >= 11 is 6.30. The monoisotopic (exact) mass is 426 g/mol. The minimum Gasteiger partial charge on any atom is -1.00 e. The molecule has 0 N–H and O–H groups in total. The van der Waals surface area contributed by atoms with Gasteiger partial charge in [0.05, 0.1) is 0 Å². The zero-order chi connectivity index (χ0) is 8.58. The Balaban J connectivity index is -0.0000000405. The van der Waals surface area contributed by atoms with Crippen LogP contribution in [0.15, 0.2) is 0 Å². The van der Waals surface area contributed by atoms with Crippen LogP contribution in [0.3, 0.4) is 0 Å². The zero-order valence-corrected chi connectivity index (χ0v) is 15.9. The predicted molar refractivity (Wildman–Crippen MR) is 52.3 cm³/mol. The van der Waals surface area contributed by atoms with Crippen LogP contribution in [0, 0.1) is 0 Å². The van der Waals surface area contributed by atoms with Crippen LogP contribution in [0.1, 0.15) is 41.5 Å². The Hall–Kier alpha value is 2.54. The van der Waals surface area contributed by atoms with Crippen molar-refractivity contribution in [3.05, 3.63) is 0 Å². The minimum atomic E-state index is -0.390. The van der Waals surface area contributed by atoms with Crippen LogP contribution >= 0.6 is 18.5 Å². The van der Waals surface area contributed by atoms with Crippen molar-refractivity contribution < 1.29 is 70.1 Å². The summed E-state index contributed by atoms with van der Waals surface area (Å²) in [6, 6.07) is 0. The molecule has 0 aromatic carbocycles. The van der Waals surface area contributed by atoms with E-state index < -0.39 is 7.27 Å². The first-order valence-corrected chi connectivity index (χ1v) is 5.86. The average molecular weight is 429 g/mol. The van der Waals surface area contributed by atoms with Gasteiger partial charge >= 0.3 is 20.4 Å². The largest absolute Gasteiger partial charge is 2.00 e. The molecule has 0 nitrogen and oxygen atoms in total. The Morgan fingerprint density at radius 3 is 0.800 bits per heavy atom. The fourth-order valence-electron chi connectivity index (χ4n) is 1.01. The molecule has 0 rings (SSSR count). The molecular weight excluding hydrogens is 411 g/mol. The van der Waals surface area contributed by atoms with Crippen LogP contribution in [0.2, 0.25) is 0 Å². The molecule has 15 heavy (non-hydrogen) atoms. The van der Waals surface area contributed by atoms with E-state index in [4.69, 9.17) is 11.2 Å². The van der Waals surface area contributed by atoms with Crippen LogP contribution in [0.25, 0.3) is 0 Å². The van der Waals surface area contributed by atoms with E-state index in [1.54, 1.807) is 0 Å². The van der Waals surface area contributed by atoms with E-state index in [1.165, 1.54) is 0 Å². The third-order valence-corrected chi connectivity index (χ3v) is 6.58. The molecular formula is C8H18Cl5PPd-2. The fourth-order valence-corrected chi connectivity index (χ4v) is 3.02. The molecule has 0 aromatic heterocycles. The molecule has 0 saturated carbocycles. The summed E-state index contributed by atoms with van der Waals surface area (Å²) < 4.78 is 0. The van der Waals surface area contributed by atoms with Gasteiger partial charge in [-0.05, 0) is 10.3 Å². The van der Waals surface area contributed by atoms with Gasteiger partial charge in [0, 0.05) is 7.27 Å². The van der Waals surface area contributed by atoms with Gasteiger partial charge in [-0.1, -0.05) is 52.8 Å². The molecule has 0 aliphatic heterocycles. The van der Waals surface area contributed by atoms with Crippen LogP contribution in [-0.4, -0.2) is 10.3 Å². The van der Waals surface area contributed by atoms with E-state index >= 15 is 0 Å². The minimum absolute atomic E-state index is 0. The second-order valence-electron chi connectivity index (χ2n) is 4.62. The first-order chi connectivity index (χ1) is 4.15. The summed E-state index contributed by atoms with van der Waals surface area (Å²) in [7, 11) is -0.390. The number of halogens is 5. The maximum atomic E-state index is 6.30. The molecule has 0 heterocycles. The fraction of sp³-hybridized carbons (Fsp3) is 1.00. The van der Waals surface area contributed by atoms with Crippen molar-refractivity contribution in [1.29, 1.82) is 0 Å². The molecule has 102 valence electrons. The molecule has 0 saturated heterocycles. The van der Waals surface area contributed by atoms with Crippen molar-refractivity contribution in [3.63, 3.8) is 0 Å². The SMILES string of the molecule is CC(C)(C)P(Cl)C(C)(C)C.[Cl-].[Cl-].[Cl-].[Cl-].[Pd+2]. The molecule has 0 fully saturated rings. The summed E-state index contributed by atoms with van der Waals surface area (Å²) in [5.41, 5.74) is 0. The first-order valence-electron chi connectivity index (χ1n) is 3.62. The van der Waals surface area contributed by atoms with E-state index in [9.17, 15) is 0 Å². The van der Waals surface area contributed by atoms with Crippen LogP contribution in [-0.2, 0) is 20.4 Å². The van der Waals surface area contributed by atoms with E-state index in [0.717, 1.165) is 0 Å². The molecule has 0 bridgehead atoms. The molecule has 0 amide bonds. The number of rotatable bonds is 0. The van der Waals surface area contributed by atoms with Crippen molar-refractivity contribution in [3.8, 4) is 0 Å². The Kier molecular flexibility index (Phi) is 31.2. The molecule has 7 heteroatoms. The Bertz CT molecular complexity index is 107. The normalized spacial score (nSPS) is 9.60. The molecule has 0 spiro atoms. The number of hydrogen-bond donors (Lipinski definition) is 0. The van der Waals surface area contributed by atoms with Gasteiger partial charge in [-0.2, -0.15) is 0 Å². The van der Waals surface area contributed by atoms with Gasteiger partial charge in [0.15, 0.2) is 0 Å². The van der Waals surface area contributed by atoms with Gasteiger partial charge in [-0.3, -0.25) is 0 Å². The maximum Gasteiger partial charge on any atom is 2.00 e. The van der Waals surface area contributed by atoms with Crippen molar-refractivity contribution in [2.75, 3.05) is 0 Å². The smallest absolute Gasteiger partial charge is 1.00 e. The molecule has 0 atom stereocenters. The van der Waals surface area contributed by atoms with Gasteiger partial charge in [0.2, 0.25) is 0 Å². The zero-order valence-electron chi connectivity index (χ0n) is 9.65. The van der Waals surface area contributed by atoms with Crippen LogP contribution in [0.5, 0.6) is 0 Å². The van der Waals surface area contributed by atoms with Crippen molar-refractivity contribution in [2.24, 2.45) is 0 Å². The molecule has 0 unspecified atom stereocenters. The maximum absolute atomic E-state index is 6.30.